The van der Waals surface area contributed by atoms with Crippen LogP contribution in [0.25, 0.3) is 0 Å². The van der Waals surface area contributed by atoms with E-state index in [9.17, 15) is 40.7 Å². The van der Waals surface area contributed by atoms with Crippen LogP contribution < -0.4 is 10.9 Å². The molecule has 2 aromatic heterocycles. The molecule has 2 heterocycles. The van der Waals surface area contributed by atoms with Gasteiger partial charge >= 0.3 is 6.18 Å². The fraction of sp³-hybridized carbons (Fsp3) is 0.312. The molecule has 0 fully saturated rings. The molecule has 0 bridgehead atoms. The van der Waals surface area contributed by atoms with Crippen molar-refractivity contribution in [2.75, 3.05) is 19.4 Å². The predicted molar refractivity (Wildman–Crippen MR) is 92.0 cm³/mol. The molecular formula is C16H13F6N3O3S. The van der Waals surface area contributed by atoms with Crippen LogP contribution in [0.4, 0.5) is 32.0 Å². The lowest BCUT2D eigenvalue weighted by atomic mass is 10.2. The summed E-state index contributed by atoms with van der Waals surface area (Å²) in [6.45, 7) is -1.14. The van der Waals surface area contributed by atoms with Crippen molar-refractivity contribution < 1.29 is 35.9 Å². The SMILES string of the molecule is CN(C)C(=O)c1cc(C(=O)Nc2cc(F)c(=O)n(CC(F)F)c2)sc1C(F)(F)F. The molecule has 29 heavy (non-hydrogen) atoms. The number of thiophene rings is 1. The Morgan fingerprint density at radius 3 is 2.38 bits per heavy atom. The zero-order chi connectivity index (χ0) is 22.1. The Hall–Kier alpha value is -2.83. The highest BCUT2D eigenvalue weighted by Gasteiger charge is 2.39. The molecule has 0 aromatic carbocycles. The summed E-state index contributed by atoms with van der Waals surface area (Å²) in [4.78, 5) is 34.8. The minimum absolute atomic E-state index is 0.00509. The molecule has 0 unspecified atom stereocenters. The van der Waals surface area contributed by atoms with E-state index in [1.165, 1.54) is 14.1 Å². The van der Waals surface area contributed by atoms with E-state index < -0.39 is 63.3 Å². The largest absolute Gasteiger partial charge is 0.426 e. The average Bonchev–Trinajstić information content (AvgIpc) is 3.03. The molecule has 0 saturated heterocycles. The van der Waals surface area contributed by atoms with E-state index >= 15 is 0 Å². The van der Waals surface area contributed by atoms with Gasteiger partial charge in [0.15, 0.2) is 5.82 Å². The highest BCUT2D eigenvalue weighted by molar-refractivity contribution is 7.14. The highest BCUT2D eigenvalue weighted by Crippen LogP contribution is 2.38. The summed E-state index contributed by atoms with van der Waals surface area (Å²) < 4.78 is 78.5. The monoisotopic (exact) mass is 441 g/mol. The topological polar surface area (TPSA) is 71.4 Å². The Morgan fingerprint density at radius 2 is 1.86 bits per heavy atom. The second-order valence-electron chi connectivity index (χ2n) is 5.93. The molecule has 1 N–H and O–H groups in total. The molecule has 0 atom stereocenters. The maximum Gasteiger partial charge on any atom is 0.426 e. The van der Waals surface area contributed by atoms with Gasteiger partial charge in [-0.25, -0.2) is 13.2 Å². The van der Waals surface area contributed by atoms with Gasteiger partial charge in [-0.05, 0) is 6.07 Å². The Morgan fingerprint density at radius 1 is 1.24 bits per heavy atom. The average molecular weight is 441 g/mol. The van der Waals surface area contributed by atoms with Crippen molar-refractivity contribution in [2.45, 2.75) is 19.1 Å². The second kappa shape index (κ2) is 8.27. The second-order valence-corrected chi connectivity index (χ2v) is 6.98. The molecule has 0 radical (unpaired) electrons. The highest BCUT2D eigenvalue weighted by atomic mass is 32.1. The summed E-state index contributed by atoms with van der Waals surface area (Å²) in [7, 11) is 2.46. The van der Waals surface area contributed by atoms with Crippen LogP contribution in [0.15, 0.2) is 23.1 Å². The van der Waals surface area contributed by atoms with E-state index in [1.54, 1.807) is 0 Å². The Bertz CT molecular complexity index is 997. The summed E-state index contributed by atoms with van der Waals surface area (Å²) >= 11 is -0.00509. The zero-order valence-electron chi connectivity index (χ0n) is 14.8. The van der Waals surface area contributed by atoms with Gasteiger partial charge < -0.3 is 14.8 Å². The molecule has 0 aliphatic carbocycles. The van der Waals surface area contributed by atoms with Gasteiger partial charge in [0.1, 0.15) is 4.88 Å². The first-order valence-corrected chi connectivity index (χ1v) is 8.55. The summed E-state index contributed by atoms with van der Waals surface area (Å²) in [6.07, 6.45) is -7.15. The van der Waals surface area contributed by atoms with Crippen molar-refractivity contribution >= 4 is 28.8 Å². The van der Waals surface area contributed by atoms with Gasteiger partial charge in [-0.1, -0.05) is 0 Å². The first-order valence-electron chi connectivity index (χ1n) is 7.73. The third-order valence-electron chi connectivity index (χ3n) is 3.48. The number of hydrogen-bond acceptors (Lipinski definition) is 4. The summed E-state index contributed by atoms with van der Waals surface area (Å²) in [6, 6.07) is 1.28. The molecule has 6 nitrogen and oxygen atoms in total. The van der Waals surface area contributed by atoms with Crippen LogP contribution in [-0.2, 0) is 12.7 Å². The predicted octanol–water partition coefficient (Wildman–Crippen LogP) is 3.29. The minimum atomic E-state index is -4.90. The van der Waals surface area contributed by atoms with Crippen LogP contribution in [0, 0.1) is 5.82 Å². The number of nitrogens with zero attached hydrogens (tertiary/aromatic N) is 2. The molecule has 0 aliphatic rings. The lowest BCUT2D eigenvalue weighted by Gasteiger charge is -2.11. The zero-order valence-corrected chi connectivity index (χ0v) is 15.6. The normalized spacial score (nSPS) is 11.6. The van der Waals surface area contributed by atoms with Crippen LogP contribution in [0.2, 0.25) is 0 Å². The van der Waals surface area contributed by atoms with Crippen LogP contribution >= 0.6 is 11.3 Å². The number of anilines is 1. The van der Waals surface area contributed by atoms with Crippen LogP contribution in [0.1, 0.15) is 24.9 Å². The van der Waals surface area contributed by atoms with Gasteiger partial charge in [-0.2, -0.15) is 13.2 Å². The lowest BCUT2D eigenvalue weighted by Crippen LogP contribution is -2.26. The molecule has 2 aromatic rings. The van der Waals surface area contributed by atoms with Gasteiger partial charge in [0, 0.05) is 26.4 Å². The summed E-state index contributed by atoms with van der Waals surface area (Å²) in [5.74, 6) is -3.56. The van der Waals surface area contributed by atoms with Crippen molar-refractivity contribution in [2.24, 2.45) is 0 Å². The number of aromatic nitrogens is 1. The third kappa shape index (κ3) is 5.16. The molecule has 13 heteroatoms. The maximum absolute atomic E-state index is 13.6. The number of halogens is 6. The van der Waals surface area contributed by atoms with Gasteiger partial charge in [-0.3, -0.25) is 14.4 Å². The minimum Gasteiger partial charge on any atom is -0.345 e. The number of pyridine rings is 1. The number of carbonyl (C=O) groups excluding carboxylic acids is 2. The Kier molecular flexibility index (Phi) is 6.40. The van der Waals surface area contributed by atoms with Crippen LogP contribution in [0.3, 0.4) is 0 Å². The van der Waals surface area contributed by atoms with E-state index in [4.69, 9.17) is 0 Å². The van der Waals surface area contributed by atoms with Crippen molar-refractivity contribution in [1.29, 1.82) is 0 Å². The van der Waals surface area contributed by atoms with E-state index in [-0.39, 0.29) is 11.3 Å². The third-order valence-corrected chi connectivity index (χ3v) is 4.66. The van der Waals surface area contributed by atoms with E-state index in [0.29, 0.717) is 10.6 Å². The summed E-state index contributed by atoms with van der Waals surface area (Å²) in [5.41, 5.74) is -2.51. The number of hydrogen-bond donors (Lipinski definition) is 1. The maximum atomic E-state index is 13.6. The van der Waals surface area contributed by atoms with E-state index in [0.717, 1.165) is 17.2 Å². The Balaban J connectivity index is 2.40. The number of alkyl halides is 5. The number of carbonyl (C=O) groups is 2. The van der Waals surface area contributed by atoms with Gasteiger partial charge in [-0.15, -0.1) is 11.3 Å². The first kappa shape index (κ1) is 22.5. The molecule has 158 valence electrons. The molecule has 0 aliphatic heterocycles. The van der Waals surface area contributed by atoms with Crippen molar-refractivity contribution in [1.82, 2.24) is 9.47 Å². The Labute approximate surface area is 163 Å². The molecule has 2 rings (SSSR count). The standard InChI is InChI=1S/C16H13F6N3O3S/c1-24(2)14(27)8-4-10(29-12(8)16(20,21)22)13(26)23-7-3-9(17)15(28)25(5-7)6-11(18)19/h3-5,11H,6H2,1-2H3,(H,23,26). The summed E-state index contributed by atoms with van der Waals surface area (Å²) in [5, 5.41) is 2.03. The van der Waals surface area contributed by atoms with Crippen molar-refractivity contribution in [3.63, 3.8) is 0 Å². The van der Waals surface area contributed by atoms with Crippen molar-refractivity contribution in [3.8, 4) is 0 Å². The van der Waals surface area contributed by atoms with Crippen LogP contribution in [0.5, 0.6) is 0 Å². The van der Waals surface area contributed by atoms with E-state index in [1.807, 2.05) is 5.32 Å². The first-order chi connectivity index (χ1) is 13.3. The lowest BCUT2D eigenvalue weighted by molar-refractivity contribution is -0.134. The van der Waals surface area contributed by atoms with Crippen molar-refractivity contribution in [3.05, 3.63) is 49.8 Å². The molecule has 0 saturated carbocycles. The quantitative estimate of drug-likeness (QED) is 0.724. The van der Waals surface area contributed by atoms with Gasteiger partial charge in [0.25, 0.3) is 23.8 Å². The number of amides is 2. The van der Waals surface area contributed by atoms with Crippen LogP contribution in [-0.4, -0.2) is 41.8 Å². The molecular weight excluding hydrogens is 428 g/mol. The van der Waals surface area contributed by atoms with Gasteiger partial charge in [0.05, 0.1) is 22.7 Å². The molecule has 0 spiro atoms. The fourth-order valence-electron chi connectivity index (χ4n) is 2.26. The smallest absolute Gasteiger partial charge is 0.345 e. The number of nitrogens with one attached hydrogen (secondary N) is 1. The van der Waals surface area contributed by atoms with E-state index in [2.05, 4.69) is 0 Å². The van der Waals surface area contributed by atoms with Gasteiger partial charge in [0.2, 0.25) is 0 Å². The molecule has 2 amide bonds. The fourth-order valence-corrected chi connectivity index (χ4v) is 3.17. The number of rotatable bonds is 5.